The normalized spacial score (nSPS) is 25.9. The second-order valence-electron chi connectivity index (χ2n) is 6.30. The lowest BCUT2D eigenvalue weighted by Crippen LogP contribution is -2.29. The highest BCUT2D eigenvalue weighted by Gasteiger charge is 2.20. The van der Waals surface area contributed by atoms with E-state index in [-0.39, 0.29) is 6.10 Å². The van der Waals surface area contributed by atoms with Crippen molar-refractivity contribution in [3.8, 4) is 0 Å². The van der Waals surface area contributed by atoms with Gasteiger partial charge in [-0.2, -0.15) is 0 Å². The van der Waals surface area contributed by atoms with Gasteiger partial charge in [-0.25, -0.2) is 0 Å². The molecule has 0 saturated heterocycles. The number of benzene rings is 1. The monoisotopic (exact) mass is 274 g/mol. The third-order valence-corrected chi connectivity index (χ3v) is 4.67. The van der Waals surface area contributed by atoms with E-state index in [1.165, 1.54) is 42.5 Å². The van der Waals surface area contributed by atoms with Crippen molar-refractivity contribution in [2.24, 2.45) is 5.92 Å². The lowest BCUT2D eigenvalue weighted by Gasteiger charge is -2.26. The molecule has 2 unspecified atom stereocenters. The Labute approximate surface area is 121 Å². The smallest absolute Gasteiger partial charge is 0.0543 e. The Morgan fingerprint density at radius 1 is 1.25 bits per heavy atom. The molecule has 2 aliphatic rings. The summed E-state index contributed by atoms with van der Waals surface area (Å²) in [6.07, 6.45) is 6.77. The van der Waals surface area contributed by atoms with E-state index in [2.05, 4.69) is 28.8 Å². The summed E-state index contributed by atoms with van der Waals surface area (Å²) in [5.41, 5.74) is 4.21. The fourth-order valence-corrected chi connectivity index (χ4v) is 3.59. The van der Waals surface area contributed by atoms with Gasteiger partial charge in [0.25, 0.3) is 0 Å². The van der Waals surface area contributed by atoms with Gasteiger partial charge in [0.1, 0.15) is 0 Å². The third kappa shape index (κ3) is 3.33. The number of hydrogen-bond acceptors (Lipinski definition) is 3. The minimum Gasteiger partial charge on any atom is -0.393 e. The first kappa shape index (κ1) is 13.9. The molecule has 3 nitrogen and oxygen atoms in total. The van der Waals surface area contributed by atoms with E-state index in [1.807, 2.05) is 0 Å². The summed E-state index contributed by atoms with van der Waals surface area (Å²) < 4.78 is 0. The Bertz CT molecular complexity index is 447. The Morgan fingerprint density at radius 2 is 2.20 bits per heavy atom. The van der Waals surface area contributed by atoms with Crippen molar-refractivity contribution < 1.29 is 5.11 Å². The van der Waals surface area contributed by atoms with Crippen LogP contribution in [0.2, 0.25) is 0 Å². The molecule has 0 aromatic heterocycles. The van der Waals surface area contributed by atoms with E-state index < -0.39 is 0 Å². The van der Waals surface area contributed by atoms with Gasteiger partial charge in [-0.05, 0) is 55.7 Å². The molecule has 3 heteroatoms. The molecule has 20 heavy (non-hydrogen) atoms. The second kappa shape index (κ2) is 6.59. The van der Waals surface area contributed by atoms with Gasteiger partial charge in [0.15, 0.2) is 0 Å². The summed E-state index contributed by atoms with van der Waals surface area (Å²) in [4.78, 5) is 0. The number of aliphatic hydroxyl groups excluding tert-OH is 1. The minimum atomic E-state index is -0.0679. The van der Waals surface area contributed by atoms with Crippen LogP contribution in [0, 0.1) is 5.92 Å². The average Bonchev–Trinajstić information content (AvgIpc) is 2.48. The van der Waals surface area contributed by atoms with Crippen LogP contribution in [0.5, 0.6) is 0 Å². The van der Waals surface area contributed by atoms with Gasteiger partial charge in [-0.15, -0.1) is 0 Å². The highest BCUT2D eigenvalue weighted by molar-refractivity contribution is 5.59. The molecule has 1 aromatic rings. The number of hydrogen-bond donors (Lipinski definition) is 3. The van der Waals surface area contributed by atoms with Crippen LogP contribution in [0.4, 0.5) is 5.69 Å². The second-order valence-corrected chi connectivity index (χ2v) is 6.30. The van der Waals surface area contributed by atoms with Crippen LogP contribution in [0.15, 0.2) is 18.2 Å². The van der Waals surface area contributed by atoms with Crippen LogP contribution >= 0.6 is 0 Å². The van der Waals surface area contributed by atoms with Crippen LogP contribution in [-0.4, -0.2) is 24.3 Å². The number of para-hydroxylation sites is 1. The summed E-state index contributed by atoms with van der Waals surface area (Å²) >= 11 is 0. The molecule has 0 amide bonds. The molecule has 110 valence electrons. The zero-order valence-electron chi connectivity index (χ0n) is 12.2. The van der Waals surface area contributed by atoms with E-state index in [4.69, 9.17) is 0 Å². The molecule has 0 spiro atoms. The van der Waals surface area contributed by atoms with Crippen molar-refractivity contribution in [2.75, 3.05) is 18.4 Å². The number of nitrogens with one attached hydrogen (secondary N) is 2. The molecular formula is C17H26N2O. The Morgan fingerprint density at radius 3 is 3.10 bits per heavy atom. The molecule has 0 bridgehead atoms. The molecule has 3 N–H and O–H groups in total. The molecule has 2 atom stereocenters. The molecule has 1 fully saturated rings. The summed E-state index contributed by atoms with van der Waals surface area (Å²) in [7, 11) is 0. The van der Waals surface area contributed by atoms with Gasteiger partial charge >= 0.3 is 0 Å². The highest BCUT2D eigenvalue weighted by atomic mass is 16.3. The van der Waals surface area contributed by atoms with Crippen molar-refractivity contribution in [3.05, 3.63) is 29.3 Å². The minimum absolute atomic E-state index is 0.0679. The molecule has 1 heterocycles. The standard InChI is InChI=1S/C17H26N2O/c20-16-8-1-4-13(10-16)11-18-12-15-6-2-5-14-7-3-9-19-17(14)15/h2,5-6,13,16,18-20H,1,3-4,7-12H2. The summed E-state index contributed by atoms with van der Waals surface area (Å²) in [5, 5.41) is 16.9. The first-order valence-electron chi connectivity index (χ1n) is 8.06. The average molecular weight is 274 g/mol. The fourth-order valence-electron chi connectivity index (χ4n) is 3.59. The Balaban J connectivity index is 1.53. The predicted molar refractivity (Wildman–Crippen MR) is 82.9 cm³/mol. The molecule has 1 saturated carbocycles. The molecule has 3 rings (SSSR count). The van der Waals surface area contributed by atoms with Crippen molar-refractivity contribution in [1.29, 1.82) is 0 Å². The summed E-state index contributed by atoms with van der Waals surface area (Å²) in [5.74, 6) is 0.645. The molecule has 0 radical (unpaired) electrons. The third-order valence-electron chi connectivity index (χ3n) is 4.67. The van der Waals surface area contributed by atoms with Gasteiger partial charge in [-0.3, -0.25) is 0 Å². The number of aliphatic hydroxyl groups is 1. The summed E-state index contributed by atoms with van der Waals surface area (Å²) in [6, 6.07) is 6.63. The van der Waals surface area contributed by atoms with Gasteiger partial charge in [0.2, 0.25) is 0 Å². The van der Waals surface area contributed by atoms with Crippen molar-refractivity contribution in [3.63, 3.8) is 0 Å². The highest BCUT2D eigenvalue weighted by Crippen LogP contribution is 2.27. The number of anilines is 1. The largest absolute Gasteiger partial charge is 0.393 e. The number of aryl methyl sites for hydroxylation is 1. The van der Waals surface area contributed by atoms with Crippen LogP contribution < -0.4 is 10.6 Å². The van der Waals surface area contributed by atoms with E-state index in [1.54, 1.807) is 0 Å². The Kier molecular flexibility index (Phi) is 4.58. The Hall–Kier alpha value is -1.06. The van der Waals surface area contributed by atoms with E-state index in [0.29, 0.717) is 5.92 Å². The van der Waals surface area contributed by atoms with Gasteiger partial charge < -0.3 is 15.7 Å². The first-order valence-corrected chi connectivity index (χ1v) is 8.06. The quantitative estimate of drug-likeness (QED) is 0.791. The first-order chi connectivity index (χ1) is 9.83. The van der Waals surface area contributed by atoms with Crippen LogP contribution in [0.25, 0.3) is 0 Å². The molecular weight excluding hydrogens is 248 g/mol. The molecule has 1 aliphatic heterocycles. The van der Waals surface area contributed by atoms with Crippen molar-refractivity contribution in [1.82, 2.24) is 5.32 Å². The zero-order chi connectivity index (χ0) is 13.8. The maximum atomic E-state index is 9.72. The summed E-state index contributed by atoms with van der Waals surface area (Å²) in [6.45, 7) is 3.06. The van der Waals surface area contributed by atoms with Gasteiger partial charge in [0.05, 0.1) is 6.10 Å². The number of fused-ring (bicyclic) bond motifs is 1. The van der Waals surface area contributed by atoms with Crippen LogP contribution in [0.3, 0.4) is 0 Å². The van der Waals surface area contributed by atoms with Gasteiger partial charge in [0, 0.05) is 18.8 Å². The fraction of sp³-hybridized carbons (Fsp3) is 0.647. The predicted octanol–water partition coefficient (Wildman–Crippen LogP) is 2.69. The molecule has 1 aliphatic carbocycles. The van der Waals surface area contributed by atoms with E-state index in [0.717, 1.165) is 32.5 Å². The maximum Gasteiger partial charge on any atom is 0.0543 e. The van der Waals surface area contributed by atoms with Crippen molar-refractivity contribution in [2.45, 2.75) is 51.2 Å². The topological polar surface area (TPSA) is 44.3 Å². The van der Waals surface area contributed by atoms with E-state index >= 15 is 0 Å². The van der Waals surface area contributed by atoms with Crippen molar-refractivity contribution >= 4 is 5.69 Å². The number of rotatable bonds is 4. The van der Waals surface area contributed by atoms with Gasteiger partial charge in [-0.1, -0.05) is 24.6 Å². The maximum absolute atomic E-state index is 9.72. The SMILES string of the molecule is OC1CCCC(CNCc2cccc3c2NCCC3)C1. The lowest BCUT2D eigenvalue weighted by molar-refractivity contribution is 0.101. The van der Waals surface area contributed by atoms with Crippen LogP contribution in [0.1, 0.15) is 43.2 Å². The zero-order valence-corrected chi connectivity index (χ0v) is 12.2. The lowest BCUT2D eigenvalue weighted by atomic mass is 9.87. The molecule has 1 aromatic carbocycles. The van der Waals surface area contributed by atoms with E-state index in [9.17, 15) is 5.11 Å². The van der Waals surface area contributed by atoms with Crippen LogP contribution in [-0.2, 0) is 13.0 Å².